The lowest BCUT2D eigenvalue weighted by molar-refractivity contribution is -0.915. The molecule has 5 heteroatoms. The summed E-state index contributed by atoms with van der Waals surface area (Å²) in [5, 5.41) is 0. The van der Waals surface area contributed by atoms with Gasteiger partial charge in [-0.2, -0.15) is 4.72 Å². The number of sulfonamides is 1. The molecule has 1 aliphatic rings. The van der Waals surface area contributed by atoms with Gasteiger partial charge in [0, 0.05) is 11.8 Å². The maximum Gasteiger partial charge on any atom is 0.241 e. The first-order chi connectivity index (χ1) is 10.2. The summed E-state index contributed by atoms with van der Waals surface area (Å²) in [7, 11) is -3.46. The maximum atomic E-state index is 12.5. The monoisotopic (exact) mass is 325 g/mol. The summed E-state index contributed by atoms with van der Waals surface area (Å²) in [6, 6.07) is 8.60. The molecule has 0 radical (unpaired) electrons. The number of benzene rings is 1. The van der Waals surface area contributed by atoms with Crippen molar-refractivity contribution in [3.63, 3.8) is 0 Å². The van der Waals surface area contributed by atoms with Gasteiger partial charge < -0.3 is 4.90 Å². The molecule has 1 aliphatic heterocycles. The molecule has 2 atom stereocenters. The highest BCUT2D eigenvalue weighted by molar-refractivity contribution is 7.89. The van der Waals surface area contributed by atoms with Crippen LogP contribution in [0.15, 0.2) is 35.2 Å². The second-order valence-corrected chi connectivity index (χ2v) is 9.27. The molecular weight excluding hydrogens is 296 g/mol. The van der Waals surface area contributed by atoms with E-state index < -0.39 is 15.6 Å². The zero-order chi connectivity index (χ0) is 16.4. The van der Waals surface area contributed by atoms with Gasteiger partial charge in [-0.15, -0.1) is 0 Å². The Labute approximate surface area is 135 Å². The van der Waals surface area contributed by atoms with E-state index in [4.69, 9.17) is 0 Å². The van der Waals surface area contributed by atoms with Crippen LogP contribution in [0.25, 0.3) is 0 Å². The molecule has 0 aromatic heterocycles. The molecule has 0 amide bonds. The van der Waals surface area contributed by atoms with Crippen LogP contribution in [0.1, 0.15) is 34.1 Å². The van der Waals surface area contributed by atoms with Gasteiger partial charge in [-0.1, -0.05) is 32.0 Å². The lowest BCUT2D eigenvalue weighted by Crippen LogP contribution is -3.16. The molecule has 22 heavy (non-hydrogen) atoms. The Morgan fingerprint density at radius 3 is 2.23 bits per heavy atom. The molecular formula is C17H29N2O2S+. The van der Waals surface area contributed by atoms with E-state index >= 15 is 0 Å². The highest BCUT2D eigenvalue weighted by Crippen LogP contribution is 2.14. The van der Waals surface area contributed by atoms with Crippen LogP contribution >= 0.6 is 0 Å². The Morgan fingerprint density at radius 2 is 1.68 bits per heavy atom. The summed E-state index contributed by atoms with van der Waals surface area (Å²) < 4.78 is 27.9. The predicted molar refractivity (Wildman–Crippen MR) is 89.4 cm³/mol. The van der Waals surface area contributed by atoms with Crippen molar-refractivity contribution in [2.24, 2.45) is 11.8 Å². The number of rotatable bonds is 5. The minimum absolute atomic E-state index is 0.332. The molecule has 124 valence electrons. The van der Waals surface area contributed by atoms with Gasteiger partial charge in [0.2, 0.25) is 10.0 Å². The van der Waals surface area contributed by atoms with Gasteiger partial charge in [0.1, 0.15) is 0 Å². The third-order valence-electron chi connectivity index (χ3n) is 4.24. The van der Waals surface area contributed by atoms with Gasteiger partial charge >= 0.3 is 0 Å². The zero-order valence-electron chi connectivity index (χ0n) is 14.1. The minimum atomic E-state index is -3.46. The molecule has 0 bridgehead atoms. The van der Waals surface area contributed by atoms with Gasteiger partial charge in [0.15, 0.2) is 0 Å². The first-order valence-electron chi connectivity index (χ1n) is 8.10. The van der Waals surface area contributed by atoms with Crippen LogP contribution in [0.2, 0.25) is 0 Å². The molecule has 1 fully saturated rings. The molecule has 1 heterocycles. The largest absolute Gasteiger partial charge is 0.333 e. The van der Waals surface area contributed by atoms with E-state index in [0.29, 0.717) is 16.7 Å². The predicted octanol–water partition coefficient (Wildman–Crippen LogP) is 1.30. The fourth-order valence-corrected chi connectivity index (χ4v) is 5.18. The Morgan fingerprint density at radius 1 is 1.14 bits per heavy atom. The van der Waals surface area contributed by atoms with Crippen molar-refractivity contribution < 1.29 is 13.3 Å². The summed E-state index contributed by atoms with van der Waals surface area (Å²) in [6.07, 6.45) is 1.28. The Hall–Kier alpha value is -0.910. The Bertz CT molecular complexity index is 574. The average molecular weight is 325 g/mol. The molecule has 1 aromatic carbocycles. The molecule has 4 nitrogen and oxygen atoms in total. The molecule has 1 saturated heterocycles. The number of hydrogen-bond acceptors (Lipinski definition) is 2. The number of quaternary nitrogens is 1. The van der Waals surface area contributed by atoms with Crippen molar-refractivity contribution in [3.05, 3.63) is 30.3 Å². The second kappa shape index (κ2) is 6.69. The average Bonchev–Trinajstić information content (AvgIpc) is 2.36. The van der Waals surface area contributed by atoms with Crippen molar-refractivity contribution >= 4 is 10.0 Å². The van der Waals surface area contributed by atoms with E-state index in [2.05, 4.69) is 18.6 Å². The van der Waals surface area contributed by atoms with Crippen LogP contribution in [-0.4, -0.2) is 33.6 Å². The maximum absolute atomic E-state index is 12.5. The van der Waals surface area contributed by atoms with Gasteiger partial charge in [-0.05, 0) is 32.4 Å². The van der Waals surface area contributed by atoms with Crippen LogP contribution in [0, 0.1) is 11.8 Å². The van der Waals surface area contributed by atoms with Crippen LogP contribution in [0.3, 0.4) is 0 Å². The molecule has 2 rings (SSSR count). The molecule has 0 saturated carbocycles. The zero-order valence-corrected chi connectivity index (χ0v) is 14.9. The fraction of sp³-hybridized carbons (Fsp3) is 0.647. The Kier molecular flexibility index (Phi) is 5.30. The molecule has 0 spiro atoms. The summed E-state index contributed by atoms with van der Waals surface area (Å²) >= 11 is 0. The quantitative estimate of drug-likeness (QED) is 0.857. The smallest absolute Gasteiger partial charge is 0.241 e. The summed E-state index contributed by atoms with van der Waals surface area (Å²) in [4.78, 5) is 1.82. The van der Waals surface area contributed by atoms with E-state index in [9.17, 15) is 8.42 Å². The van der Waals surface area contributed by atoms with E-state index in [1.54, 1.807) is 24.3 Å². The van der Waals surface area contributed by atoms with E-state index in [-0.39, 0.29) is 0 Å². The fourth-order valence-electron chi connectivity index (χ4n) is 3.75. The van der Waals surface area contributed by atoms with Crippen molar-refractivity contribution in [3.8, 4) is 0 Å². The summed E-state index contributed by atoms with van der Waals surface area (Å²) in [5.74, 6) is 1.42. The van der Waals surface area contributed by atoms with E-state index in [0.717, 1.165) is 19.6 Å². The molecule has 0 aliphatic carbocycles. The number of piperidine rings is 1. The highest BCUT2D eigenvalue weighted by atomic mass is 32.2. The van der Waals surface area contributed by atoms with Crippen molar-refractivity contribution in [1.29, 1.82) is 0 Å². The SMILES string of the molecule is C[C@H]1C[C@H](C)C[NH+](CC(C)(C)NS(=O)(=O)c2ccccc2)C1. The minimum Gasteiger partial charge on any atom is -0.333 e. The molecule has 1 aromatic rings. The summed E-state index contributed by atoms with van der Waals surface area (Å²) in [6.45, 7) is 11.6. The normalized spacial score (nSPS) is 26.8. The lowest BCUT2D eigenvalue weighted by atomic mass is 9.91. The van der Waals surface area contributed by atoms with Crippen LogP contribution in [0.5, 0.6) is 0 Å². The lowest BCUT2D eigenvalue weighted by Gasteiger charge is -2.37. The van der Waals surface area contributed by atoms with E-state index in [1.807, 2.05) is 19.9 Å². The van der Waals surface area contributed by atoms with Gasteiger partial charge in [0.05, 0.1) is 30.1 Å². The molecule has 0 unspecified atom stereocenters. The van der Waals surface area contributed by atoms with Gasteiger partial charge in [-0.3, -0.25) is 0 Å². The van der Waals surface area contributed by atoms with Gasteiger partial charge in [0.25, 0.3) is 0 Å². The molecule has 2 N–H and O–H groups in total. The van der Waals surface area contributed by atoms with Crippen molar-refractivity contribution in [2.45, 2.75) is 44.6 Å². The Balaban J connectivity index is 2.04. The summed E-state index contributed by atoms with van der Waals surface area (Å²) in [5.41, 5.74) is -0.458. The first-order valence-corrected chi connectivity index (χ1v) is 9.59. The second-order valence-electron chi connectivity index (χ2n) is 7.58. The first kappa shape index (κ1) is 17.4. The third kappa shape index (κ3) is 4.80. The number of hydrogen-bond donors (Lipinski definition) is 2. The number of nitrogens with one attached hydrogen (secondary N) is 2. The van der Waals surface area contributed by atoms with Crippen molar-refractivity contribution in [2.75, 3.05) is 19.6 Å². The van der Waals surface area contributed by atoms with Gasteiger partial charge in [-0.25, -0.2) is 8.42 Å². The topological polar surface area (TPSA) is 50.6 Å². The highest BCUT2D eigenvalue weighted by Gasteiger charge is 2.33. The number of likely N-dealkylation sites (tertiary alicyclic amines) is 1. The third-order valence-corrected chi connectivity index (χ3v) is 5.95. The van der Waals surface area contributed by atoms with Crippen molar-refractivity contribution in [1.82, 2.24) is 4.72 Å². The van der Waals surface area contributed by atoms with Crippen LogP contribution in [-0.2, 0) is 10.0 Å². The van der Waals surface area contributed by atoms with E-state index in [1.165, 1.54) is 11.3 Å². The van der Waals surface area contributed by atoms with Crippen LogP contribution < -0.4 is 9.62 Å². The van der Waals surface area contributed by atoms with Crippen LogP contribution in [0.4, 0.5) is 0 Å². The standard InChI is InChI=1S/C17H28N2O2S/c1-14-10-15(2)12-19(11-14)13-17(3,4)18-22(20,21)16-8-6-5-7-9-16/h5-9,14-15,18H,10-13H2,1-4H3/p+1/t14-,15-/m0/s1.